The number of nitrogen functional groups attached to an aromatic ring is 1. The molecule has 0 aliphatic carbocycles. The van der Waals surface area contributed by atoms with E-state index in [4.69, 9.17) is 5.84 Å². The van der Waals surface area contributed by atoms with E-state index in [1.807, 2.05) is 5.43 Å². The number of benzene rings is 1. The maximum Gasteiger partial charge on any atom is 0.274 e. The number of nitro groups is 1. The van der Waals surface area contributed by atoms with Gasteiger partial charge >= 0.3 is 0 Å². The summed E-state index contributed by atoms with van der Waals surface area (Å²) in [4.78, 5) is 9.08. The molecule has 0 bridgehead atoms. The van der Waals surface area contributed by atoms with Crippen molar-refractivity contribution >= 4 is 21.4 Å². The third-order valence-corrected chi connectivity index (χ3v) is 4.54. The normalized spacial score (nSPS) is 11.7. The number of hydrogen-bond donors (Lipinski definition) is 2. The second-order valence-corrected chi connectivity index (χ2v) is 6.01. The van der Waals surface area contributed by atoms with Crippen LogP contribution in [0.5, 0.6) is 0 Å². The molecule has 0 heterocycles. The van der Waals surface area contributed by atoms with Gasteiger partial charge in [-0.3, -0.25) is 16.0 Å². The van der Waals surface area contributed by atoms with Crippen LogP contribution < -0.4 is 11.3 Å². The summed E-state index contributed by atoms with van der Waals surface area (Å²) in [7, 11) is -2.83. The van der Waals surface area contributed by atoms with Crippen LogP contribution in [-0.4, -0.2) is 31.2 Å². The molecule has 1 aromatic rings. The van der Waals surface area contributed by atoms with Crippen molar-refractivity contribution in [1.29, 1.82) is 0 Å². The number of nitrogens with zero attached hydrogens (tertiary/aromatic N) is 2. The lowest BCUT2D eigenvalue weighted by molar-refractivity contribution is -0.385. The Morgan fingerprint density at radius 2 is 2.10 bits per heavy atom. The first kappa shape index (κ1) is 16.3. The van der Waals surface area contributed by atoms with Crippen LogP contribution in [0.3, 0.4) is 0 Å². The largest absolute Gasteiger partial charge is 0.323 e. The maximum absolute atomic E-state index is 13.9. The zero-order valence-electron chi connectivity index (χ0n) is 11.0. The van der Waals surface area contributed by atoms with Crippen LogP contribution in [-0.2, 0) is 10.0 Å². The van der Waals surface area contributed by atoms with Crippen molar-refractivity contribution < 1.29 is 17.7 Å². The molecule has 0 saturated carbocycles. The van der Waals surface area contributed by atoms with Crippen LogP contribution >= 0.6 is 0 Å². The van der Waals surface area contributed by atoms with Gasteiger partial charge in [-0.25, -0.2) is 17.1 Å². The molecule has 0 amide bonds. The van der Waals surface area contributed by atoms with Gasteiger partial charge in [-0.2, -0.15) is 0 Å². The number of nitrogens with two attached hydrogens (primary N) is 1. The molecule has 0 aromatic heterocycles. The molecule has 0 saturated heterocycles. The number of anilines is 1. The summed E-state index contributed by atoms with van der Waals surface area (Å²) in [6.07, 6.45) is 0.537. The van der Waals surface area contributed by atoms with E-state index in [0.717, 1.165) is 10.4 Å². The van der Waals surface area contributed by atoms with E-state index in [1.165, 1.54) is 7.05 Å². The summed E-state index contributed by atoms with van der Waals surface area (Å²) >= 11 is 0. The monoisotopic (exact) mass is 306 g/mol. The van der Waals surface area contributed by atoms with E-state index in [1.54, 1.807) is 6.92 Å². The summed E-state index contributed by atoms with van der Waals surface area (Å²) in [6, 6.07) is 1.42. The van der Waals surface area contributed by atoms with Gasteiger partial charge in [0.25, 0.3) is 5.69 Å². The molecule has 0 unspecified atom stereocenters. The molecule has 0 spiro atoms. The van der Waals surface area contributed by atoms with Gasteiger partial charge < -0.3 is 5.43 Å². The predicted octanol–water partition coefficient (Wildman–Crippen LogP) is 1.05. The summed E-state index contributed by atoms with van der Waals surface area (Å²) in [5, 5.41) is 10.6. The number of hydrazine groups is 1. The van der Waals surface area contributed by atoms with Gasteiger partial charge in [-0.05, 0) is 6.42 Å². The van der Waals surface area contributed by atoms with Crippen LogP contribution in [0.4, 0.5) is 15.8 Å². The Hall–Kier alpha value is -1.78. The van der Waals surface area contributed by atoms with Gasteiger partial charge in [0.2, 0.25) is 10.0 Å². The van der Waals surface area contributed by atoms with Crippen molar-refractivity contribution in [2.75, 3.05) is 19.0 Å². The van der Waals surface area contributed by atoms with Crippen molar-refractivity contribution in [3.63, 3.8) is 0 Å². The van der Waals surface area contributed by atoms with Gasteiger partial charge in [0, 0.05) is 19.7 Å². The van der Waals surface area contributed by atoms with Crippen molar-refractivity contribution in [3.8, 4) is 0 Å². The molecule has 1 aromatic carbocycles. The number of halogens is 1. The lowest BCUT2D eigenvalue weighted by atomic mass is 10.3. The second kappa shape index (κ2) is 6.11. The SMILES string of the molecule is CCCN(C)S(=O)(=O)c1c(F)cc([N+](=O)[O-])cc1NN. The molecule has 10 heteroatoms. The molecule has 0 atom stereocenters. The van der Waals surface area contributed by atoms with Crippen molar-refractivity contribution in [2.45, 2.75) is 18.2 Å². The molecule has 3 N–H and O–H groups in total. The lowest BCUT2D eigenvalue weighted by Gasteiger charge is -2.18. The first-order chi connectivity index (χ1) is 9.25. The Balaban J connectivity index is 3.49. The molecule has 0 aliphatic heterocycles. The highest BCUT2D eigenvalue weighted by Crippen LogP contribution is 2.30. The average molecular weight is 306 g/mol. The minimum atomic E-state index is -4.12. The molecule has 0 fully saturated rings. The molecular weight excluding hydrogens is 291 g/mol. The van der Waals surface area contributed by atoms with Crippen LogP contribution in [0.2, 0.25) is 0 Å². The zero-order chi connectivity index (χ0) is 15.5. The minimum absolute atomic E-state index is 0.183. The first-order valence-corrected chi connectivity index (χ1v) is 7.10. The fraction of sp³-hybridized carbons (Fsp3) is 0.400. The lowest BCUT2D eigenvalue weighted by Crippen LogP contribution is -2.29. The summed E-state index contributed by atoms with van der Waals surface area (Å²) < 4.78 is 39.4. The van der Waals surface area contributed by atoms with E-state index in [9.17, 15) is 22.9 Å². The smallest absolute Gasteiger partial charge is 0.274 e. The Kier molecular flexibility index (Phi) is 4.98. The fourth-order valence-electron chi connectivity index (χ4n) is 1.64. The van der Waals surface area contributed by atoms with Crippen molar-refractivity contribution in [1.82, 2.24) is 4.31 Å². The van der Waals surface area contributed by atoms with Crippen molar-refractivity contribution in [2.24, 2.45) is 5.84 Å². The van der Waals surface area contributed by atoms with Crippen LogP contribution in [0.25, 0.3) is 0 Å². The highest BCUT2D eigenvalue weighted by atomic mass is 32.2. The van der Waals surface area contributed by atoms with Crippen LogP contribution in [0, 0.1) is 15.9 Å². The fourth-order valence-corrected chi connectivity index (χ4v) is 3.08. The topological polar surface area (TPSA) is 119 Å². The standard InChI is InChI=1S/C10H15FN4O4S/c1-3-4-14(2)20(18,19)10-8(11)5-7(15(16)17)6-9(10)13-12/h5-6,13H,3-4,12H2,1-2H3. The second-order valence-electron chi connectivity index (χ2n) is 4.03. The van der Waals surface area contributed by atoms with E-state index < -0.39 is 31.3 Å². The number of hydrogen-bond acceptors (Lipinski definition) is 6. The molecule has 1 rings (SSSR count). The third-order valence-electron chi connectivity index (χ3n) is 2.60. The third kappa shape index (κ3) is 3.03. The van der Waals surface area contributed by atoms with Crippen molar-refractivity contribution in [3.05, 3.63) is 28.1 Å². The quantitative estimate of drug-likeness (QED) is 0.460. The van der Waals surface area contributed by atoms with Gasteiger partial charge in [0.15, 0.2) is 5.82 Å². The number of nitrogens with one attached hydrogen (secondary N) is 1. The highest BCUT2D eigenvalue weighted by molar-refractivity contribution is 7.89. The Labute approximate surface area is 115 Å². The zero-order valence-corrected chi connectivity index (χ0v) is 11.8. The molecule has 0 aliphatic rings. The van der Waals surface area contributed by atoms with Gasteiger partial charge in [-0.15, -0.1) is 0 Å². The molecule has 112 valence electrons. The molecule has 8 nitrogen and oxygen atoms in total. The molecule has 0 radical (unpaired) electrons. The molecule has 20 heavy (non-hydrogen) atoms. The summed E-state index contributed by atoms with van der Waals surface area (Å²) in [5.74, 6) is 3.91. The number of sulfonamides is 1. The average Bonchev–Trinajstić information content (AvgIpc) is 2.37. The molecular formula is C10H15FN4O4S. The number of rotatable bonds is 6. The van der Waals surface area contributed by atoms with E-state index in [0.29, 0.717) is 12.5 Å². The highest BCUT2D eigenvalue weighted by Gasteiger charge is 2.29. The van der Waals surface area contributed by atoms with E-state index >= 15 is 0 Å². The first-order valence-electron chi connectivity index (χ1n) is 5.66. The maximum atomic E-state index is 13.9. The Bertz CT molecular complexity index is 620. The van der Waals surface area contributed by atoms with E-state index in [-0.39, 0.29) is 12.2 Å². The number of nitro benzene ring substituents is 1. The van der Waals surface area contributed by atoms with E-state index in [2.05, 4.69) is 0 Å². The van der Waals surface area contributed by atoms with Gasteiger partial charge in [-0.1, -0.05) is 6.92 Å². The van der Waals surface area contributed by atoms with Gasteiger partial charge in [0.1, 0.15) is 4.90 Å². The predicted molar refractivity (Wildman–Crippen MR) is 71.0 cm³/mol. The Morgan fingerprint density at radius 3 is 2.55 bits per heavy atom. The summed E-state index contributed by atoms with van der Waals surface area (Å²) in [5.41, 5.74) is 1.03. The van der Waals surface area contributed by atoms with Gasteiger partial charge in [0.05, 0.1) is 16.7 Å². The number of non-ortho nitro benzene ring substituents is 1. The Morgan fingerprint density at radius 1 is 1.50 bits per heavy atom. The minimum Gasteiger partial charge on any atom is -0.323 e. The summed E-state index contributed by atoms with van der Waals surface area (Å²) in [6.45, 7) is 1.95. The van der Waals surface area contributed by atoms with Crippen LogP contribution in [0.15, 0.2) is 17.0 Å². The van der Waals surface area contributed by atoms with Crippen LogP contribution in [0.1, 0.15) is 13.3 Å².